The second-order valence-corrected chi connectivity index (χ2v) is 6.00. The van der Waals surface area contributed by atoms with E-state index in [0.717, 1.165) is 6.42 Å². The first-order valence-electron chi connectivity index (χ1n) is 7.37. The molecule has 0 fully saturated rings. The van der Waals surface area contributed by atoms with Gasteiger partial charge >= 0.3 is 0 Å². The van der Waals surface area contributed by atoms with Gasteiger partial charge in [0.1, 0.15) is 0 Å². The van der Waals surface area contributed by atoms with E-state index >= 15 is 0 Å². The normalized spacial score (nSPS) is 23.6. The molecular weight excluding hydrogens is 240 g/mol. The number of benzene rings is 2. The number of allylic oxidation sites excluding steroid dienone is 3. The van der Waals surface area contributed by atoms with E-state index in [0.29, 0.717) is 0 Å². The van der Waals surface area contributed by atoms with Crippen LogP contribution < -0.4 is 0 Å². The van der Waals surface area contributed by atoms with Crippen LogP contribution in [-0.2, 0) is 5.41 Å². The fraction of sp³-hybridized carbons (Fsp3) is 0.200. The lowest BCUT2D eigenvalue weighted by atomic mass is 9.69. The first-order valence-corrected chi connectivity index (χ1v) is 7.37. The van der Waals surface area contributed by atoms with Crippen LogP contribution in [0.2, 0.25) is 0 Å². The molecule has 0 heteroatoms. The first-order chi connectivity index (χ1) is 9.79. The van der Waals surface area contributed by atoms with Crippen molar-refractivity contribution < 1.29 is 0 Å². The van der Waals surface area contributed by atoms with Gasteiger partial charge in [0.05, 0.1) is 0 Å². The Morgan fingerprint density at radius 1 is 0.900 bits per heavy atom. The molecule has 1 unspecified atom stereocenters. The van der Waals surface area contributed by atoms with E-state index in [1.165, 1.54) is 34.3 Å². The van der Waals surface area contributed by atoms with Crippen LogP contribution in [0, 0.1) is 0 Å². The molecule has 0 heterocycles. The highest BCUT2D eigenvalue weighted by molar-refractivity contribution is 5.92. The fourth-order valence-corrected chi connectivity index (χ4v) is 3.74. The number of hydrogen-bond donors (Lipinski definition) is 0. The van der Waals surface area contributed by atoms with E-state index in [-0.39, 0.29) is 5.41 Å². The molecule has 0 radical (unpaired) electrons. The fourth-order valence-electron chi connectivity index (χ4n) is 3.74. The molecule has 0 saturated heterocycles. The van der Waals surface area contributed by atoms with Gasteiger partial charge in [-0.05, 0) is 46.8 Å². The highest BCUT2D eigenvalue weighted by Gasteiger charge is 2.40. The van der Waals surface area contributed by atoms with Crippen molar-refractivity contribution in [2.75, 3.05) is 0 Å². The summed E-state index contributed by atoms with van der Waals surface area (Å²) in [6.45, 7) is 2.40. The average Bonchev–Trinajstić information content (AvgIpc) is 2.81. The Bertz CT molecular complexity index is 719. The third-order valence-electron chi connectivity index (χ3n) is 4.82. The van der Waals surface area contributed by atoms with E-state index in [2.05, 4.69) is 73.7 Å². The van der Waals surface area contributed by atoms with E-state index in [1.54, 1.807) is 0 Å². The molecule has 0 aliphatic heterocycles. The van der Waals surface area contributed by atoms with Crippen molar-refractivity contribution in [3.05, 3.63) is 82.9 Å². The van der Waals surface area contributed by atoms with Crippen molar-refractivity contribution in [3.8, 4) is 0 Å². The predicted molar refractivity (Wildman–Crippen MR) is 85.4 cm³/mol. The van der Waals surface area contributed by atoms with Crippen LogP contribution in [0.5, 0.6) is 0 Å². The van der Waals surface area contributed by atoms with Crippen LogP contribution in [0.15, 0.2) is 66.2 Å². The molecule has 0 bridgehead atoms. The molecule has 2 aliphatic rings. The molecule has 4 rings (SSSR count). The van der Waals surface area contributed by atoms with Gasteiger partial charge in [-0.3, -0.25) is 0 Å². The third-order valence-corrected chi connectivity index (χ3v) is 4.82. The monoisotopic (exact) mass is 258 g/mol. The van der Waals surface area contributed by atoms with Crippen LogP contribution in [0.25, 0.3) is 11.6 Å². The topological polar surface area (TPSA) is 0 Å². The molecule has 98 valence electrons. The van der Waals surface area contributed by atoms with Crippen LogP contribution in [-0.4, -0.2) is 0 Å². The zero-order valence-corrected chi connectivity index (χ0v) is 11.8. The van der Waals surface area contributed by atoms with Gasteiger partial charge in [-0.15, -0.1) is 0 Å². The summed E-state index contributed by atoms with van der Waals surface area (Å²) in [6, 6.07) is 19.6. The second kappa shape index (κ2) is 4.21. The quantitative estimate of drug-likeness (QED) is 0.658. The van der Waals surface area contributed by atoms with Crippen molar-refractivity contribution >= 4 is 11.6 Å². The lowest BCUT2D eigenvalue weighted by molar-refractivity contribution is 0.527. The number of rotatable bonds is 1. The van der Waals surface area contributed by atoms with Gasteiger partial charge in [0.15, 0.2) is 0 Å². The predicted octanol–water partition coefficient (Wildman–Crippen LogP) is 5.22. The SMILES string of the molecule is CC12CCC=C(c3ccccc3)C1=Cc1ccccc12. The van der Waals surface area contributed by atoms with Gasteiger partial charge in [-0.25, -0.2) is 0 Å². The molecule has 0 nitrogen and oxygen atoms in total. The van der Waals surface area contributed by atoms with Gasteiger partial charge in [0.25, 0.3) is 0 Å². The summed E-state index contributed by atoms with van der Waals surface area (Å²) in [5, 5.41) is 0. The Balaban J connectivity index is 1.89. The van der Waals surface area contributed by atoms with Crippen molar-refractivity contribution in [1.29, 1.82) is 0 Å². The number of fused-ring (bicyclic) bond motifs is 3. The minimum Gasteiger partial charge on any atom is -0.0763 e. The zero-order valence-electron chi connectivity index (χ0n) is 11.8. The highest BCUT2D eigenvalue weighted by atomic mass is 14.4. The zero-order chi connectivity index (χ0) is 13.6. The lowest BCUT2D eigenvalue weighted by Crippen LogP contribution is -2.25. The lowest BCUT2D eigenvalue weighted by Gasteiger charge is -2.34. The molecule has 20 heavy (non-hydrogen) atoms. The minimum atomic E-state index is 0.191. The second-order valence-electron chi connectivity index (χ2n) is 6.00. The highest BCUT2D eigenvalue weighted by Crippen LogP contribution is 2.52. The molecule has 2 aromatic rings. The summed E-state index contributed by atoms with van der Waals surface area (Å²) in [7, 11) is 0. The summed E-state index contributed by atoms with van der Waals surface area (Å²) in [4.78, 5) is 0. The van der Waals surface area contributed by atoms with Crippen molar-refractivity contribution in [2.24, 2.45) is 0 Å². The summed E-state index contributed by atoms with van der Waals surface area (Å²) in [6.07, 6.45) is 7.18. The Kier molecular flexibility index (Phi) is 2.47. The molecule has 0 N–H and O–H groups in total. The van der Waals surface area contributed by atoms with E-state index in [1.807, 2.05) is 0 Å². The maximum absolute atomic E-state index is 2.41. The molecule has 0 spiro atoms. The van der Waals surface area contributed by atoms with Crippen molar-refractivity contribution in [1.82, 2.24) is 0 Å². The maximum atomic E-state index is 2.41. The Morgan fingerprint density at radius 3 is 2.50 bits per heavy atom. The van der Waals surface area contributed by atoms with Gasteiger partial charge in [0.2, 0.25) is 0 Å². The van der Waals surface area contributed by atoms with Crippen molar-refractivity contribution in [2.45, 2.75) is 25.2 Å². The van der Waals surface area contributed by atoms with E-state index in [9.17, 15) is 0 Å². The number of hydrogen-bond acceptors (Lipinski definition) is 0. The van der Waals surface area contributed by atoms with Gasteiger partial charge < -0.3 is 0 Å². The Labute approximate surface area is 120 Å². The maximum Gasteiger partial charge on any atom is 0.0189 e. The molecule has 2 aliphatic carbocycles. The van der Waals surface area contributed by atoms with Crippen LogP contribution in [0.4, 0.5) is 0 Å². The van der Waals surface area contributed by atoms with Gasteiger partial charge in [-0.1, -0.05) is 67.6 Å². The molecular formula is C20H18. The Hall–Kier alpha value is -2.08. The summed E-state index contributed by atoms with van der Waals surface area (Å²) in [5.41, 5.74) is 7.35. The average molecular weight is 258 g/mol. The third kappa shape index (κ3) is 1.54. The summed E-state index contributed by atoms with van der Waals surface area (Å²) < 4.78 is 0. The standard InChI is InChI=1S/C20H18/c1-20-13-7-11-17(15-8-3-2-4-9-15)19(20)14-16-10-5-6-12-18(16)20/h2-6,8-12,14H,7,13H2,1H3. The Morgan fingerprint density at radius 2 is 1.65 bits per heavy atom. The van der Waals surface area contributed by atoms with Crippen LogP contribution >= 0.6 is 0 Å². The smallest absolute Gasteiger partial charge is 0.0189 e. The first kappa shape index (κ1) is 11.7. The minimum absolute atomic E-state index is 0.191. The molecule has 0 saturated carbocycles. The summed E-state index contributed by atoms with van der Waals surface area (Å²) in [5.74, 6) is 0. The van der Waals surface area contributed by atoms with Crippen LogP contribution in [0.1, 0.15) is 36.5 Å². The molecule has 0 amide bonds. The van der Waals surface area contributed by atoms with Crippen LogP contribution in [0.3, 0.4) is 0 Å². The van der Waals surface area contributed by atoms with E-state index < -0.39 is 0 Å². The molecule has 0 aromatic heterocycles. The van der Waals surface area contributed by atoms with Gasteiger partial charge in [-0.2, -0.15) is 0 Å². The van der Waals surface area contributed by atoms with E-state index in [4.69, 9.17) is 0 Å². The summed E-state index contributed by atoms with van der Waals surface area (Å²) >= 11 is 0. The van der Waals surface area contributed by atoms with Crippen molar-refractivity contribution in [3.63, 3.8) is 0 Å². The van der Waals surface area contributed by atoms with Gasteiger partial charge in [0, 0.05) is 5.41 Å². The largest absolute Gasteiger partial charge is 0.0763 e. The molecule has 1 atom stereocenters. The molecule has 2 aromatic carbocycles.